The van der Waals surface area contributed by atoms with Crippen LogP contribution >= 0.6 is 7.82 Å². The number of phosphoric ester groups is 1. The normalized spacial score (nSPS) is 16.2. The van der Waals surface area contributed by atoms with Gasteiger partial charge in [-0.1, -0.05) is 130 Å². The molecule has 0 aliphatic carbocycles. The minimum Gasteiger partial charge on any atom is -0.462 e. The first-order chi connectivity index (χ1) is 28.2. The van der Waals surface area contributed by atoms with Crippen LogP contribution in [0.3, 0.4) is 0 Å². The molecule has 13 heteroatoms. The fourth-order valence-electron chi connectivity index (χ4n) is 5.01. The van der Waals surface area contributed by atoms with Crippen LogP contribution in [0, 0.1) is 0 Å². The first-order valence-electron chi connectivity index (χ1n) is 21.3. The second kappa shape index (κ2) is 36.6. The molecule has 59 heavy (non-hydrogen) atoms. The molecule has 0 amide bonds. The van der Waals surface area contributed by atoms with Crippen molar-refractivity contribution in [1.29, 1.82) is 0 Å². The summed E-state index contributed by atoms with van der Waals surface area (Å²) < 4.78 is 34.0. The number of likely N-dealkylation sites (N-methyl/N-ethyl adjacent to an activating group) is 1. The summed E-state index contributed by atoms with van der Waals surface area (Å²) in [6, 6.07) is 0. The van der Waals surface area contributed by atoms with Gasteiger partial charge in [0.1, 0.15) is 19.8 Å². The maximum absolute atomic E-state index is 12.7. The average molecular weight is 851 g/mol. The van der Waals surface area contributed by atoms with E-state index in [0.29, 0.717) is 23.9 Å². The van der Waals surface area contributed by atoms with Crippen LogP contribution in [0.15, 0.2) is 97.2 Å². The highest BCUT2D eigenvalue weighted by atomic mass is 31.2. The summed E-state index contributed by atoms with van der Waals surface area (Å²) in [6.45, 7) is 3.66. The Morgan fingerprint density at radius 1 is 0.661 bits per heavy atom. The van der Waals surface area contributed by atoms with Crippen LogP contribution in [-0.2, 0) is 32.7 Å². The quantitative estimate of drug-likeness (QED) is 0.0119. The molecule has 0 radical (unpaired) electrons. The molecule has 0 bridgehead atoms. The minimum absolute atomic E-state index is 0.0337. The molecule has 0 saturated heterocycles. The van der Waals surface area contributed by atoms with Crippen LogP contribution in [-0.4, -0.2) is 109 Å². The van der Waals surface area contributed by atoms with Crippen molar-refractivity contribution in [3.63, 3.8) is 0 Å². The van der Waals surface area contributed by atoms with Gasteiger partial charge in [0.2, 0.25) is 0 Å². The van der Waals surface area contributed by atoms with Crippen molar-refractivity contribution < 1.29 is 57.4 Å². The van der Waals surface area contributed by atoms with Crippen LogP contribution in [0.5, 0.6) is 0 Å². The molecule has 0 aromatic heterocycles. The maximum atomic E-state index is 12.7. The van der Waals surface area contributed by atoms with Crippen LogP contribution in [0.1, 0.15) is 110 Å². The Kier molecular flexibility index (Phi) is 34.7. The van der Waals surface area contributed by atoms with E-state index < -0.39 is 57.4 Å². The molecule has 0 fully saturated rings. The van der Waals surface area contributed by atoms with Crippen molar-refractivity contribution in [2.45, 2.75) is 135 Å². The SMILES string of the molecule is CC/C=C\C/C=C\C/C=C\CCCCCCCC(=O)O[C@H](COC(=O)CCC[C@H](O)[C@@H](O)\C=C/C=C\C=C\C=C\[C@H](O)C/C=C\CC)COP(=O)(O)OCC[N+](C)(C)C. The molecular formula is C46H77NO11P+. The monoisotopic (exact) mass is 851 g/mol. The number of hydrogen-bond acceptors (Lipinski definition) is 10. The van der Waals surface area contributed by atoms with Crippen LogP contribution in [0.2, 0.25) is 0 Å². The van der Waals surface area contributed by atoms with Crippen LogP contribution in [0.4, 0.5) is 0 Å². The van der Waals surface area contributed by atoms with Gasteiger partial charge in [-0.05, 0) is 64.2 Å². The molecule has 1 unspecified atom stereocenters. The van der Waals surface area contributed by atoms with E-state index in [1.807, 2.05) is 40.2 Å². The minimum atomic E-state index is -4.47. The summed E-state index contributed by atoms with van der Waals surface area (Å²) in [5.74, 6) is -1.16. The number of allylic oxidation sites excluding steroid dienone is 13. The van der Waals surface area contributed by atoms with E-state index in [1.54, 1.807) is 42.5 Å². The fourth-order valence-corrected chi connectivity index (χ4v) is 5.76. The number of phosphoric acid groups is 1. The van der Waals surface area contributed by atoms with E-state index in [0.717, 1.165) is 57.8 Å². The Balaban J connectivity index is 4.76. The number of rotatable bonds is 36. The van der Waals surface area contributed by atoms with Gasteiger partial charge < -0.3 is 34.2 Å². The standard InChI is InChI=1S/C46H76NO11P/c1-6-8-10-11-12-13-14-15-16-17-18-19-20-25-29-35-46(52)58-42(40-57-59(53,54)56-38-37-47(3,4)5)39-55-45(51)36-30-34-44(50)43(49)33-28-24-22-21-23-27-32-41(48)31-26-9-7-2/h8-10,12-13,15-16,21-24,26-28,32-33,41-44,48-50H,6-7,11,14,17-20,25,29-31,34-40H2,1-5H3/p+1/b10-8-,13-12-,16-15-,23-21+,24-22-,26-9-,32-27+,33-28-/t41-,42-,43+,44+/m1/s1. The Bertz CT molecular complexity index is 1380. The number of quaternary nitrogens is 1. The molecule has 4 N–H and O–H groups in total. The fraction of sp³-hybridized carbons (Fsp3) is 0.609. The van der Waals surface area contributed by atoms with E-state index in [2.05, 4.69) is 43.4 Å². The molecule has 0 rings (SSSR count). The summed E-state index contributed by atoms with van der Waals surface area (Å²) in [5.41, 5.74) is 0. The molecule has 5 atom stereocenters. The molecule has 0 aromatic carbocycles. The van der Waals surface area contributed by atoms with E-state index in [1.165, 1.54) is 6.08 Å². The van der Waals surface area contributed by atoms with E-state index in [9.17, 15) is 34.4 Å². The number of aliphatic hydroxyl groups excluding tert-OH is 3. The summed E-state index contributed by atoms with van der Waals surface area (Å²) in [6.07, 6.45) is 36.9. The molecule has 12 nitrogen and oxygen atoms in total. The van der Waals surface area contributed by atoms with Gasteiger partial charge in [0, 0.05) is 12.8 Å². The van der Waals surface area contributed by atoms with Crippen molar-refractivity contribution in [3.05, 3.63) is 97.2 Å². The highest BCUT2D eigenvalue weighted by Gasteiger charge is 2.27. The van der Waals surface area contributed by atoms with Gasteiger partial charge in [-0.2, -0.15) is 0 Å². The van der Waals surface area contributed by atoms with Gasteiger partial charge in [-0.25, -0.2) is 4.57 Å². The molecule has 0 aliphatic heterocycles. The lowest BCUT2D eigenvalue weighted by Gasteiger charge is -2.24. The largest absolute Gasteiger partial charge is 0.472 e. The highest BCUT2D eigenvalue weighted by molar-refractivity contribution is 7.47. The van der Waals surface area contributed by atoms with Gasteiger partial charge in [0.15, 0.2) is 6.10 Å². The predicted octanol–water partition coefficient (Wildman–Crippen LogP) is 8.70. The number of esters is 2. The number of carbonyl (C=O) groups excluding carboxylic acids is 2. The van der Waals surface area contributed by atoms with Crippen molar-refractivity contribution in [2.75, 3.05) is 47.5 Å². The second-order valence-electron chi connectivity index (χ2n) is 15.2. The van der Waals surface area contributed by atoms with Gasteiger partial charge in [0.05, 0.1) is 46.1 Å². The number of aliphatic hydroxyl groups is 3. The summed E-state index contributed by atoms with van der Waals surface area (Å²) in [5, 5.41) is 30.4. The van der Waals surface area contributed by atoms with Crippen molar-refractivity contribution in [1.82, 2.24) is 0 Å². The lowest BCUT2D eigenvalue weighted by Crippen LogP contribution is -2.37. The van der Waals surface area contributed by atoms with Gasteiger partial charge in [0.25, 0.3) is 0 Å². The lowest BCUT2D eigenvalue weighted by molar-refractivity contribution is -0.870. The predicted molar refractivity (Wildman–Crippen MR) is 237 cm³/mol. The van der Waals surface area contributed by atoms with Crippen LogP contribution < -0.4 is 0 Å². The number of carbonyl (C=O) groups is 2. The first-order valence-corrected chi connectivity index (χ1v) is 22.8. The maximum Gasteiger partial charge on any atom is 0.472 e. The smallest absolute Gasteiger partial charge is 0.462 e. The van der Waals surface area contributed by atoms with E-state index in [4.69, 9.17) is 18.5 Å². The molecule has 0 heterocycles. The third-order valence-corrected chi connectivity index (χ3v) is 9.44. The van der Waals surface area contributed by atoms with Crippen molar-refractivity contribution in [2.24, 2.45) is 0 Å². The highest BCUT2D eigenvalue weighted by Crippen LogP contribution is 2.43. The number of hydrogen-bond donors (Lipinski definition) is 4. The Morgan fingerprint density at radius 3 is 1.92 bits per heavy atom. The van der Waals surface area contributed by atoms with Gasteiger partial charge in [-0.15, -0.1) is 0 Å². The average Bonchev–Trinajstić information content (AvgIpc) is 3.17. The molecule has 0 spiro atoms. The Morgan fingerprint density at radius 2 is 1.24 bits per heavy atom. The zero-order chi connectivity index (χ0) is 44.0. The van der Waals surface area contributed by atoms with Crippen molar-refractivity contribution >= 4 is 19.8 Å². The second-order valence-corrected chi connectivity index (χ2v) is 16.6. The van der Waals surface area contributed by atoms with Crippen molar-refractivity contribution in [3.8, 4) is 0 Å². The molecule has 0 aliphatic rings. The third kappa shape index (κ3) is 38.7. The van der Waals surface area contributed by atoms with Crippen LogP contribution in [0.25, 0.3) is 0 Å². The Hall–Kier alpha value is -3.19. The molecule has 336 valence electrons. The number of nitrogens with zero attached hydrogens (tertiary/aromatic N) is 1. The summed E-state index contributed by atoms with van der Waals surface area (Å²) >= 11 is 0. The Labute approximate surface area is 355 Å². The van der Waals surface area contributed by atoms with E-state index in [-0.39, 0.29) is 32.3 Å². The van der Waals surface area contributed by atoms with E-state index >= 15 is 0 Å². The summed E-state index contributed by atoms with van der Waals surface area (Å²) in [7, 11) is 1.25. The number of unbranched alkanes of at least 4 members (excludes halogenated alkanes) is 5. The van der Waals surface area contributed by atoms with Gasteiger partial charge >= 0.3 is 19.8 Å². The third-order valence-electron chi connectivity index (χ3n) is 8.45. The topological polar surface area (TPSA) is 169 Å². The first kappa shape index (κ1) is 55.8. The van der Waals surface area contributed by atoms with Gasteiger partial charge in [-0.3, -0.25) is 18.6 Å². The molecule has 0 aromatic rings. The number of ether oxygens (including phenoxy) is 2. The summed E-state index contributed by atoms with van der Waals surface area (Å²) in [4.78, 5) is 35.4. The molecular weight excluding hydrogens is 773 g/mol. The lowest BCUT2D eigenvalue weighted by atomic mass is 10.1. The zero-order valence-electron chi connectivity index (χ0n) is 36.5. The zero-order valence-corrected chi connectivity index (χ0v) is 37.4. The molecule has 0 saturated carbocycles.